The van der Waals surface area contributed by atoms with Crippen LogP contribution in [-0.4, -0.2) is 24.6 Å². The first-order valence-electron chi connectivity index (χ1n) is 6.84. The van der Waals surface area contributed by atoms with Gasteiger partial charge in [-0.25, -0.2) is 0 Å². The minimum Gasteiger partial charge on any atom is -0.316 e. The molecule has 18 heavy (non-hydrogen) atoms. The molecule has 2 unspecified atom stereocenters. The van der Waals surface area contributed by atoms with Gasteiger partial charge in [0.15, 0.2) is 0 Å². The van der Waals surface area contributed by atoms with Gasteiger partial charge in [-0.3, -0.25) is 4.79 Å². The van der Waals surface area contributed by atoms with Crippen LogP contribution in [0.3, 0.4) is 0 Å². The highest BCUT2D eigenvalue weighted by molar-refractivity contribution is 7.07. The van der Waals surface area contributed by atoms with Crippen LogP contribution in [0.4, 0.5) is 0 Å². The number of hydrogen-bond acceptors (Lipinski definition) is 4. The van der Waals surface area contributed by atoms with E-state index in [9.17, 15) is 4.79 Å². The fourth-order valence-electron chi connectivity index (χ4n) is 2.55. The van der Waals surface area contributed by atoms with E-state index in [4.69, 9.17) is 0 Å². The summed E-state index contributed by atoms with van der Waals surface area (Å²) in [6, 6.07) is 0. The van der Waals surface area contributed by atoms with Crippen LogP contribution in [0, 0.1) is 11.8 Å². The SMILES string of the molecule is CC(CCNCc1csc(=O)[nH]1)C1CCCNC1. The molecule has 1 aliphatic rings. The Bertz CT molecular complexity index is 395. The van der Waals surface area contributed by atoms with Crippen molar-refractivity contribution in [3.8, 4) is 0 Å². The molecule has 0 radical (unpaired) electrons. The Morgan fingerprint density at radius 1 is 1.61 bits per heavy atom. The third kappa shape index (κ3) is 4.23. The number of H-pyrrole nitrogens is 1. The van der Waals surface area contributed by atoms with Gasteiger partial charge in [0.05, 0.1) is 0 Å². The predicted molar refractivity (Wildman–Crippen MR) is 76.0 cm³/mol. The van der Waals surface area contributed by atoms with Crippen molar-refractivity contribution in [1.29, 1.82) is 0 Å². The maximum absolute atomic E-state index is 11.0. The summed E-state index contributed by atoms with van der Waals surface area (Å²) < 4.78 is 0. The normalized spacial score (nSPS) is 21.9. The van der Waals surface area contributed by atoms with Crippen LogP contribution in [0.5, 0.6) is 0 Å². The molecule has 0 aliphatic carbocycles. The molecule has 102 valence electrons. The van der Waals surface area contributed by atoms with Crippen molar-refractivity contribution in [2.24, 2.45) is 11.8 Å². The van der Waals surface area contributed by atoms with Crippen LogP contribution < -0.4 is 15.5 Å². The van der Waals surface area contributed by atoms with Gasteiger partial charge in [-0.1, -0.05) is 18.3 Å². The van der Waals surface area contributed by atoms with Crippen molar-refractivity contribution < 1.29 is 0 Å². The van der Waals surface area contributed by atoms with E-state index in [2.05, 4.69) is 22.5 Å². The zero-order chi connectivity index (χ0) is 12.8. The second-order valence-electron chi connectivity index (χ2n) is 5.22. The third-order valence-corrected chi connectivity index (χ3v) is 4.52. The van der Waals surface area contributed by atoms with Crippen LogP contribution >= 0.6 is 11.3 Å². The van der Waals surface area contributed by atoms with Crippen molar-refractivity contribution in [3.05, 3.63) is 20.7 Å². The van der Waals surface area contributed by atoms with Crippen LogP contribution in [-0.2, 0) is 6.54 Å². The van der Waals surface area contributed by atoms with E-state index in [1.165, 1.54) is 43.7 Å². The summed E-state index contributed by atoms with van der Waals surface area (Å²) in [5.74, 6) is 1.60. The van der Waals surface area contributed by atoms with Gasteiger partial charge in [0.1, 0.15) is 0 Å². The van der Waals surface area contributed by atoms with Gasteiger partial charge >= 0.3 is 4.87 Å². The van der Waals surface area contributed by atoms with E-state index in [1.807, 2.05) is 5.38 Å². The zero-order valence-electron chi connectivity index (χ0n) is 11.0. The molecule has 2 rings (SSSR count). The molecule has 1 aliphatic heterocycles. The first kappa shape index (κ1) is 13.8. The maximum atomic E-state index is 11.0. The van der Waals surface area contributed by atoms with Crippen LogP contribution in [0.2, 0.25) is 0 Å². The Kier molecular flexibility index (Phi) is 5.41. The summed E-state index contributed by atoms with van der Waals surface area (Å²) in [5.41, 5.74) is 0.997. The van der Waals surface area contributed by atoms with Gasteiger partial charge < -0.3 is 15.6 Å². The lowest BCUT2D eigenvalue weighted by atomic mass is 9.85. The topological polar surface area (TPSA) is 56.9 Å². The molecule has 1 saturated heterocycles. The second-order valence-corrected chi connectivity index (χ2v) is 6.06. The Morgan fingerprint density at radius 2 is 2.50 bits per heavy atom. The average molecular weight is 269 g/mol. The molecule has 5 heteroatoms. The number of thiazole rings is 1. The van der Waals surface area contributed by atoms with E-state index in [1.54, 1.807) is 0 Å². The molecular weight excluding hydrogens is 246 g/mol. The van der Waals surface area contributed by atoms with Gasteiger partial charge in [0.25, 0.3) is 0 Å². The summed E-state index contributed by atoms with van der Waals surface area (Å²) in [7, 11) is 0. The average Bonchev–Trinajstić information content (AvgIpc) is 2.81. The predicted octanol–water partition coefficient (Wildman–Crippen LogP) is 1.55. The number of hydrogen-bond donors (Lipinski definition) is 3. The Balaban J connectivity index is 1.61. The molecule has 2 heterocycles. The van der Waals surface area contributed by atoms with Crippen molar-refractivity contribution in [3.63, 3.8) is 0 Å². The number of rotatable bonds is 6. The highest BCUT2D eigenvalue weighted by Gasteiger charge is 2.19. The van der Waals surface area contributed by atoms with Gasteiger partial charge in [0.2, 0.25) is 0 Å². The first-order chi connectivity index (χ1) is 8.75. The molecule has 0 aromatic carbocycles. The smallest absolute Gasteiger partial charge is 0.304 e. The molecular formula is C13H23N3OS. The monoisotopic (exact) mass is 269 g/mol. The van der Waals surface area contributed by atoms with Crippen LogP contribution in [0.1, 0.15) is 31.9 Å². The van der Waals surface area contributed by atoms with Crippen LogP contribution in [0.15, 0.2) is 10.2 Å². The molecule has 0 saturated carbocycles. The maximum Gasteiger partial charge on any atom is 0.304 e. The summed E-state index contributed by atoms with van der Waals surface area (Å²) in [6.07, 6.45) is 3.89. The molecule has 1 aromatic heterocycles. The first-order valence-corrected chi connectivity index (χ1v) is 7.72. The van der Waals surface area contributed by atoms with Crippen molar-refractivity contribution in [2.45, 2.75) is 32.7 Å². The minimum atomic E-state index is 0.0356. The largest absolute Gasteiger partial charge is 0.316 e. The number of aromatic amines is 1. The quantitative estimate of drug-likeness (QED) is 0.687. The second kappa shape index (κ2) is 7.07. The molecule has 4 nitrogen and oxygen atoms in total. The lowest BCUT2D eigenvalue weighted by Crippen LogP contribution is -2.34. The summed E-state index contributed by atoms with van der Waals surface area (Å²) in [4.78, 5) is 13.8. The minimum absolute atomic E-state index is 0.0356. The van der Waals surface area contributed by atoms with E-state index >= 15 is 0 Å². The third-order valence-electron chi connectivity index (χ3n) is 3.80. The molecule has 3 N–H and O–H groups in total. The summed E-state index contributed by atoms with van der Waals surface area (Å²) in [5, 5.41) is 8.77. The van der Waals surface area contributed by atoms with Crippen LogP contribution in [0.25, 0.3) is 0 Å². The Hall–Kier alpha value is -0.650. The highest BCUT2D eigenvalue weighted by atomic mass is 32.1. The van der Waals surface area contributed by atoms with Gasteiger partial charge in [-0.05, 0) is 50.7 Å². The van der Waals surface area contributed by atoms with Gasteiger partial charge in [-0.15, -0.1) is 0 Å². The summed E-state index contributed by atoms with van der Waals surface area (Å²) >= 11 is 1.23. The molecule has 1 aromatic rings. The van der Waals surface area contributed by atoms with E-state index in [0.29, 0.717) is 0 Å². The standard InChI is InChI=1S/C13H23N3OS/c1-10(11-3-2-5-14-7-11)4-6-15-8-12-9-18-13(17)16-12/h9-11,14-15H,2-8H2,1H3,(H,16,17). The zero-order valence-corrected chi connectivity index (χ0v) is 11.8. The molecule has 2 atom stereocenters. The summed E-state index contributed by atoms with van der Waals surface area (Å²) in [6.45, 7) is 6.52. The van der Waals surface area contributed by atoms with Gasteiger partial charge in [-0.2, -0.15) is 0 Å². The van der Waals surface area contributed by atoms with E-state index in [0.717, 1.165) is 30.6 Å². The molecule has 0 bridgehead atoms. The van der Waals surface area contributed by atoms with Crippen molar-refractivity contribution in [2.75, 3.05) is 19.6 Å². The van der Waals surface area contributed by atoms with E-state index in [-0.39, 0.29) is 4.87 Å². The van der Waals surface area contributed by atoms with E-state index < -0.39 is 0 Å². The molecule has 0 amide bonds. The lowest BCUT2D eigenvalue weighted by molar-refractivity contribution is 0.266. The van der Waals surface area contributed by atoms with Crippen molar-refractivity contribution >= 4 is 11.3 Å². The van der Waals surface area contributed by atoms with Crippen molar-refractivity contribution in [1.82, 2.24) is 15.6 Å². The highest BCUT2D eigenvalue weighted by Crippen LogP contribution is 2.21. The molecule has 0 spiro atoms. The Labute approximate surface area is 112 Å². The fraction of sp³-hybridized carbons (Fsp3) is 0.769. The van der Waals surface area contributed by atoms with Gasteiger partial charge in [0, 0.05) is 17.6 Å². The number of aromatic nitrogens is 1. The number of nitrogens with one attached hydrogen (secondary N) is 3. The lowest BCUT2D eigenvalue weighted by Gasteiger charge is -2.28. The fourth-order valence-corrected chi connectivity index (χ4v) is 3.14. The molecule has 1 fully saturated rings. The number of piperidine rings is 1. The Morgan fingerprint density at radius 3 is 3.17 bits per heavy atom.